The Morgan fingerprint density at radius 1 is 1.33 bits per heavy atom. The van der Waals surface area contributed by atoms with Crippen LogP contribution in [-0.2, 0) is 11.3 Å². The molecule has 0 aliphatic heterocycles. The van der Waals surface area contributed by atoms with Gasteiger partial charge in [0.1, 0.15) is 0 Å². The number of nitrogens with zero attached hydrogens (tertiary/aromatic N) is 1. The predicted octanol–water partition coefficient (Wildman–Crippen LogP) is 2.48. The molecule has 132 valence electrons. The molecule has 0 radical (unpaired) electrons. The van der Waals surface area contributed by atoms with Crippen LogP contribution in [0.3, 0.4) is 0 Å². The molecule has 1 fully saturated rings. The number of aliphatic hydroxyl groups is 1. The van der Waals surface area contributed by atoms with Crippen LogP contribution in [-0.4, -0.2) is 40.6 Å². The second-order valence-electron chi connectivity index (χ2n) is 6.44. The van der Waals surface area contributed by atoms with Crippen LogP contribution < -0.4 is 10.6 Å². The fourth-order valence-electron chi connectivity index (χ4n) is 2.83. The van der Waals surface area contributed by atoms with Gasteiger partial charge in [-0.1, -0.05) is 12.1 Å². The first-order chi connectivity index (χ1) is 11.4. The van der Waals surface area contributed by atoms with Crippen molar-refractivity contribution in [2.24, 2.45) is 0 Å². The van der Waals surface area contributed by atoms with Crippen molar-refractivity contribution >= 4 is 17.6 Å². The predicted molar refractivity (Wildman–Crippen MR) is 93.6 cm³/mol. The molecule has 0 aromatic heterocycles. The second kappa shape index (κ2) is 8.15. The quantitative estimate of drug-likeness (QED) is 0.717. The highest BCUT2D eigenvalue weighted by molar-refractivity contribution is 5.89. The van der Waals surface area contributed by atoms with Gasteiger partial charge in [-0.3, -0.25) is 4.79 Å². The van der Waals surface area contributed by atoms with Gasteiger partial charge >= 0.3 is 6.03 Å². The van der Waals surface area contributed by atoms with Crippen molar-refractivity contribution in [2.45, 2.75) is 51.7 Å². The van der Waals surface area contributed by atoms with Gasteiger partial charge in [-0.15, -0.1) is 0 Å². The normalized spacial score (nSPS) is 15.3. The van der Waals surface area contributed by atoms with E-state index in [0.717, 1.165) is 24.8 Å². The summed E-state index contributed by atoms with van der Waals surface area (Å²) in [5.41, 5.74) is 1.07. The number of benzene rings is 1. The number of anilines is 1. The lowest BCUT2D eigenvalue weighted by atomic mass is 9.78. The number of hydrogen-bond acceptors (Lipinski definition) is 3. The topological polar surface area (TPSA) is 81.7 Å². The Hall–Kier alpha value is -2.08. The fourth-order valence-corrected chi connectivity index (χ4v) is 2.83. The molecule has 0 bridgehead atoms. The van der Waals surface area contributed by atoms with Crippen LogP contribution in [0, 0.1) is 0 Å². The van der Waals surface area contributed by atoms with Gasteiger partial charge in [0.2, 0.25) is 5.91 Å². The third-order valence-corrected chi connectivity index (χ3v) is 4.55. The maximum absolute atomic E-state index is 11.9. The van der Waals surface area contributed by atoms with E-state index in [9.17, 15) is 14.7 Å². The first-order valence-corrected chi connectivity index (χ1v) is 8.53. The molecule has 0 saturated heterocycles. The number of urea groups is 1. The molecule has 24 heavy (non-hydrogen) atoms. The number of amides is 3. The van der Waals surface area contributed by atoms with E-state index in [4.69, 9.17) is 0 Å². The Kier molecular flexibility index (Phi) is 6.20. The molecule has 0 unspecified atom stereocenters. The third kappa shape index (κ3) is 5.23. The molecule has 1 aliphatic carbocycles. The molecule has 1 aliphatic rings. The number of carbonyl (C=O) groups excluding carboxylic acids is 2. The standard InChI is InChI=1S/C18H27N3O3/c1-3-21(14(2)22)13-15-6-4-7-16(12-15)20-17(23)19-11-10-18(24)8-5-9-18/h4,6-7,12,24H,3,5,8-11,13H2,1-2H3,(H2,19,20,23). The van der Waals surface area contributed by atoms with Gasteiger partial charge in [0.15, 0.2) is 0 Å². The van der Waals surface area contributed by atoms with Crippen molar-refractivity contribution in [3.63, 3.8) is 0 Å². The van der Waals surface area contributed by atoms with Crippen molar-refractivity contribution < 1.29 is 14.7 Å². The van der Waals surface area contributed by atoms with E-state index in [2.05, 4.69) is 10.6 Å². The van der Waals surface area contributed by atoms with E-state index in [0.29, 0.717) is 31.7 Å². The smallest absolute Gasteiger partial charge is 0.319 e. The zero-order chi connectivity index (χ0) is 17.6. The highest BCUT2D eigenvalue weighted by atomic mass is 16.3. The highest BCUT2D eigenvalue weighted by Crippen LogP contribution is 2.34. The summed E-state index contributed by atoms with van der Waals surface area (Å²) in [6.07, 6.45) is 3.29. The van der Waals surface area contributed by atoms with Crippen molar-refractivity contribution in [3.05, 3.63) is 29.8 Å². The maximum atomic E-state index is 11.9. The summed E-state index contributed by atoms with van der Waals surface area (Å²) >= 11 is 0. The zero-order valence-corrected chi connectivity index (χ0v) is 14.5. The summed E-state index contributed by atoms with van der Waals surface area (Å²) in [6, 6.07) is 7.18. The number of carbonyl (C=O) groups is 2. The molecule has 0 heterocycles. The fraction of sp³-hybridized carbons (Fsp3) is 0.556. The molecule has 6 nitrogen and oxygen atoms in total. The Balaban J connectivity index is 1.82. The molecule has 3 N–H and O–H groups in total. The highest BCUT2D eigenvalue weighted by Gasteiger charge is 2.33. The zero-order valence-electron chi connectivity index (χ0n) is 14.5. The van der Waals surface area contributed by atoms with Crippen molar-refractivity contribution in [1.82, 2.24) is 10.2 Å². The number of nitrogens with one attached hydrogen (secondary N) is 2. The van der Waals surface area contributed by atoms with Crippen LogP contribution in [0.2, 0.25) is 0 Å². The minimum atomic E-state index is -0.580. The summed E-state index contributed by atoms with van der Waals surface area (Å²) in [4.78, 5) is 25.2. The summed E-state index contributed by atoms with van der Waals surface area (Å²) in [5.74, 6) is 0.0301. The Bertz CT molecular complexity index is 585. The van der Waals surface area contributed by atoms with E-state index in [1.807, 2.05) is 31.2 Å². The van der Waals surface area contributed by atoms with Gasteiger partial charge in [-0.05, 0) is 50.3 Å². The molecule has 1 saturated carbocycles. The molecular weight excluding hydrogens is 306 g/mol. The average molecular weight is 333 g/mol. The first kappa shape index (κ1) is 18.3. The minimum absolute atomic E-state index is 0.0301. The largest absolute Gasteiger partial charge is 0.390 e. The van der Waals surface area contributed by atoms with Crippen LogP contribution in [0.15, 0.2) is 24.3 Å². The van der Waals surface area contributed by atoms with E-state index >= 15 is 0 Å². The van der Waals surface area contributed by atoms with Gasteiger partial charge in [-0.2, -0.15) is 0 Å². The lowest BCUT2D eigenvalue weighted by Crippen LogP contribution is -2.41. The Morgan fingerprint density at radius 3 is 2.67 bits per heavy atom. The van der Waals surface area contributed by atoms with Gasteiger partial charge < -0.3 is 20.6 Å². The molecule has 0 atom stereocenters. The van der Waals surface area contributed by atoms with Crippen molar-refractivity contribution in [3.8, 4) is 0 Å². The van der Waals surface area contributed by atoms with Gasteiger partial charge in [-0.25, -0.2) is 4.79 Å². The molecular formula is C18H27N3O3. The monoisotopic (exact) mass is 333 g/mol. The van der Waals surface area contributed by atoms with E-state index < -0.39 is 5.60 Å². The summed E-state index contributed by atoms with van der Waals surface area (Å²) in [6.45, 7) is 5.12. The number of rotatable bonds is 7. The van der Waals surface area contributed by atoms with Crippen LogP contribution >= 0.6 is 0 Å². The molecule has 1 aromatic carbocycles. The van der Waals surface area contributed by atoms with Crippen molar-refractivity contribution in [2.75, 3.05) is 18.4 Å². The molecule has 3 amide bonds. The molecule has 1 aromatic rings. The maximum Gasteiger partial charge on any atom is 0.319 e. The minimum Gasteiger partial charge on any atom is -0.390 e. The molecule has 0 spiro atoms. The first-order valence-electron chi connectivity index (χ1n) is 8.53. The summed E-state index contributed by atoms with van der Waals surface area (Å²) in [7, 11) is 0. The SMILES string of the molecule is CCN(Cc1cccc(NC(=O)NCCC2(O)CCC2)c1)C(C)=O. The molecule has 6 heteroatoms. The summed E-state index contributed by atoms with van der Waals surface area (Å²) < 4.78 is 0. The second-order valence-corrected chi connectivity index (χ2v) is 6.44. The average Bonchev–Trinajstić information content (AvgIpc) is 2.51. The van der Waals surface area contributed by atoms with E-state index in [1.54, 1.807) is 11.8 Å². The van der Waals surface area contributed by atoms with Crippen LogP contribution in [0.4, 0.5) is 10.5 Å². The van der Waals surface area contributed by atoms with Gasteiger partial charge in [0, 0.05) is 32.2 Å². The Labute approximate surface area is 143 Å². The van der Waals surface area contributed by atoms with E-state index in [-0.39, 0.29) is 11.9 Å². The van der Waals surface area contributed by atoms with Crippen LogP contribution in [0.5, 0.6) is 0 Å². The van der Waals surface area contributed by atoms with Crippen molar-refractivity contribution in [1.29, 1.82) is 0 Å². The lowest BCUT2D eigenvalue weighted by molar-refractivity contribution is -0.129. The summed E-state index contributed by atoms with van der Waals surface area (Å²) in [5, 5.41) is 15.6. The third-order valence-electron chi connectivity index (χ3n) is 4.55. The lowest BCUT2D eigenvalue weighted by Gasteiger charge is -2.36. The van der Waals surface area contributed by atoms with Gasteiger partial charge in [0.05, 0.1) is 5.60 Å². The Morgan fingerprint density at radius 2 is 2.08 bits per heavy atom. The van der Waals surface area contributed by atoms with E-state index in [1.165, 1.54) is 0 Å². The molecule has 2 rings (SSSR count). The number of hydrogen-bond donors (Lipinski definition) is 3. The van der Waals surface area contributed by atoms with Crippen LogP contribution in [0.1, 0.15) is 45.1 Å². The van der Waals surface area contributed by atoms with Crippen LogP contribution in [0.25, 0.3) is 0 Å². The van der Waals surface area contributed by atoms with Gasteiger partial charge in [0.25, 0.3) is 0 Å².